The Morgan fingerprint density at radius 2 is 0.877 bits per heavy atom. The molecule has 9 aromatic carbocycles. The van der Waals surface area contributed by atoms with Gasteiger partial charge in [0, 0.05) is 33.2 Å². The lowest BCUT2D eigenvalue weighted by molar-refractivity contribution is 1.08. The fourth-order valence-electron chi connectivity index (χ4n) is 8.27. The van der Waals surface area contributed by atoms with Crippen LogP contribution in [0.1, 0.15) is 5.56 Å². The van der Waals surface area contributed by atoms with Crippen molar-refractivity contribution in [2.45, 2.75) is 0 Å². The van der Waals surface area contributed by atoms with Crippen molar-refractivity contribution in [1.29, 1.82) is 5.26 Å². The van der Waals surface area contributed by atoms with Gasteiger partial charge in [0.05, 0.1) is 22.7 Å². The molecular weight excluding hydrogens is 695 g/mol. The highest BCUT2D eigenvalue weighted by Crippen LogP contribution is 2.40. The third-order valence-electron chi connectivity index (χ3n) is 11.0. The van der Waals surface area contributed by atoms with Gasteiger partial charge in [0.25, 0.3) is 0 Å². The quantitative estimate of drug-likeness (QED) is 0.177. The molecule has 0 spiro atoms. The van der Waals surface area contributed by atoms with E-state index in [1.54, 1.807) is 0 Å². The third kappa shape index (κ3) is 5.51. The molecule has 0 aliphatic carbocycles. The Labute approximate surface area is 328 Å². The van der Waals surface area contributed by atoms with E-state index in [9.17, 15) is 5.26 Å². The first-order chi connectivity index (χ1) is 28.2. The number of fused-ring (bicyclic) bond motifs is 6. The maximum absolute atomic E-state index is 9.84. The van der Waals surface area contributed by atoms with Crippen LogP contribution in [0.3, 0.4) is 0 Å². The van der Waals surface area contributed by atoms with Gasteiger partial charge in [0.1, 0.15) is 0 Å². The molecule has 0 N–H and O–H groups in total. The van der Waals surface area contributed by atoms with E-state index in [1.165, 1.54) is 10.8 Å². The molecule has 0 fully saturated rings. The molecule has 0 aliphatic heterocycles. The molecule has 5 nitrogen and oxygen atoms in total. The summed E-state index contributed by atoms with van der Waals surface area (Å²) in [5, 5.41) is 18.7. The molecule has 11 rings (SSSR count). The molecule has 0 saturated carbocycles. The van der Waals surface area contributed by atoms with Crippen molar-refractivity contribution in [3.63, 3.8) is 0 Å². The van der Waals surface area contributed by atoms with E-state index in [0.717, 1.165) is 76.9 Å². The smallest absolute Gasteiger partial charge is 0.164 e. The van der Waals surface area contributed by atoms with Crippen LogP contribution in [0.15, 0.2) is 188 Å². The monoisotopic (exact) mass is 725 g/mol. The van der Waals surface area contributed by atoms with Crippen molar-refractivity contribution < 1.29 is 0 Å². The van der Waals surface area contributed by atoms with Crippen LogP contribution in [0, 0.1) is 11.3 Å². The van der Waals surface area contributed by atoms with Crippen molar-refractivity contribution in [1.82, 2.24) is 19.5 Å². The average Bonchev–Trinajstić information content (AvgIpc) is 3.61. The Kier molecular flexibility index (Phi) is 7.48. The first-order valence-corrected chi connectivity index (χ1v) is 19.0. The standard InChI is InChI=1S/C52H31N5/c53-32-33-18-26-48-46(28-33)47-31-38(23-27-49(47)57(48)41-14-2-1-3-15-41)42-24-25-45(44-17-9-8-16-43(42)44)52-55-50(39-21-19-34-10-4-6-12-36(34)29-39)54-51(56-52)40-22-20-35-11-5-7-13-37(35)30-40/h1-31H. The molecule has 0 unspecified atom stereocenters. The number of nitriles is 1. The highest BCUT2D eigenvalue weighted by atomic mass is 15.0. The van der Waals surface area contributed by atoms with Crippen LogP contribution >= 0.6 is 0 Å². The molecule has 11 aromatic rings. The van der Waals surface area contributed by atoms with Gasteiger partial charge in [-0.05, 0) is 104 Å². The van der Waals surface area contributed by atoms with E-state index in [0.29, 0.717) is 23.0 Å². The number of nitrogens with zero attached hydrogens (tertiary/aromatic N) is 5. The van der Waals surface area contributed by atoms with E-state index in [1.807, 2.05) is 18.2 Å². The summed E-state index contributed by atoms with van der Waals surface area (Å²) in [6.07, 6.45) is 0. The van der Waals surface area contributed by atoms with Crippen molar-refractivity contribution in [3.05, 3.63) is 194 Å². The van der Waals surface area contributed by atoms with E-state index >= 15 is 0 Å². The molecule has 2 heterocycles. The summed E-state index contributed by atoms with van der Waals surface area (Å²) >= 11 is 0. The van der Waals surface area contributed by atoms with Gasteiger partial charge >= 0.3 is 0 Å². The summed E-state index contributed by atoms with van der Waals surface area (Å²) in [7, 11) is 0. The maximum atomic E-state index is 9.84. The Morgan fingerprint density at radius 1 is 0.368 bits per heavy atom. The average molecular weight is 726 g/mol. The zero-order chi connectivity index (χ0) is 37.9. The number of benzene rings is 9. The Hall–Kier alpha value is -7.94. The first-order valence-electron chi connectivity index (χ1n) is 19.0. The van der Waals surface area contributed by atoms with Crippen LogP contribution < -0.4 is 0 Å². The summed E-state index contributed by atoms with van der Waals surface area (Å²) in [4.78, 5) is 15.5. The van der Waals surface area contributed by atoms with Gasteiger partial charge in [0.2, 0.25) is 0 Å². The lowest BCUT2D eigenvalue weighted by Gasteiger charge is -2.14. The highest BCUT2D eigenvalue weighted by Gasteiger charge is 2.19. The van der Waals surface area contributed by atoms with Crippen LogP contribution in [0.4, 0.5) is 0 Å². The summed E-state index contributed by atoms with van der Waals surface area (Å²) in [6.45, 7) is 0. The predicted octanol–water partition coefficient (Wildman–Crippen LogP) is 13.0. The van der Waals surface area contributed by atoms with Crippen molar-refractivity contribution in [2.24, 2.45) is 0 Å². The Balaban J connectivity index is 1.10. The second-order valence-electron chi connectivity index (χ2n) is 14.4. The van der Waals surface area contributed by atoms with Crippen LogP contribution in [0.2, 0.25) is 0 Å². The Morgan fingerprint density at radius 3 is 1.53 bits per heavy atom. The number of para-hydroxylation sites is 1. The van der Waals surface area contributed by atoms with Gasteiger partial charge in [-0.15, -0.1) is 0 Å². The molecular formula is C52H31N5. The number of aromatic nitrogens is 4. The van der Waals surface area contributed by atoms with Gasteiger partial charge in [-0.1, -0.05) is 127 Å². The lowest BCUT2D eigenvalue weighted by Crippen LogP contribution is -2.01. The lowest BCUT2D eigenvalue weighted by atomic mass is 9.93. The van der Waals surface area contributed by atoms with Gasteiger partial charge in [-0.3, -0.25) is 0 Å². The third-order valence-corrected chi connectivity index (χ3v) is 11.0. The molecule has 0 aliphatic rings. The van der Waals surface area contributed by atoms with Gasteiger partial charge in [-0.2, -0.15) is 5.26 Å². The fourth-order valence-corrected chi connectivity index (χ4v) is 8.27. The minimum absolute atomic E-state index is 0.615. The predicted molar refractivity (Wildman–Crippen MR) is 233 cm³/mol. The fraction of sp³-hybridized carbons (Fsp3) is 0. The molecule has 0 radical (unpaired) electrons. The minimum Gasteiger partial charge on any atom is -0.309 e. The summed E-state index contributed by atoms with van der Waals surface area (Å²) < 4.78 is 2.28. The number of rotatable bonds is 5. The van der Waals surface area contributed by atoms with Crippen molar-refractivity contribution in [2.75, 3.05) is 0 Å². The highest BCUT2D eigenvalue weighted by molar-refractivity contribution is 6.12. The zero-order valence-electron chi connectivity index (χ0n) is 30.6. The van der Waals surface area contributed by atoms with E-state index in [-0.39, 0.29) is 0 Å². The molecule has 57 heavy (non-hydrogen) atoms. The topological polar surface area (TPSA) is 67.4 Å². The first kappa shape index (κ1) is 32.5. The Bertz CT molecular complexity index is 3330. The van der Waals surface area contributed by atoms with E-state index in [2.05, 4.69) is 180 Å². The largest absolute Gasteiger partial charge is 0.309 e. The maximum Gasteiger partial charge on any atom is 0.164 e. The summed E-state index contributed by atoms with van der Waals surface area (Å²) in [5.74, 6) is 1.86. The summed E-state index contributed by atoms with van der Waals surface area (Å²) in [5.41, 5.74) is 8.85. The van der Waals surface area contributed by atoms with E-state index in [4.69, 9.17) is 15.0 Å². The van der Waals surface area contributed by atoms with Crippen LogP contribution in [0.25, 0.3) is 105 Å². The van der Waals surface area contributed by atoms with Gasteiger partial charge in [0.15, 0.2) is 17.5 Å². The van der Waals surface area contributed by atoms with Gasteiger partial charge in [-0.25, -0.2) is 15.0 Å². The normalized spacial score (nSPS) is 11.5. The second kappa shape index (κ2) is 13.1. The second-order valence-corrected chi connectivity index (χ2v) is 14.4. The molecule has 0 bridgehead atoms. The molecule has 264 valence electrons. The summed E-state index contributed by atoms with van der Waals surface area (Å²) in [6, 6.07) is 67.6. The number of hydrogen-bond donors (Lipinski definition) is 0. The minimum atomic E-state index is 0.615. The molecule has 0 amide bonds. The van der Waals surface area contributed by atoms with Crippen LogP contribution in [-0.4, -0.2) is 19.5 Å². The van der Waals surface area contributed by atoms with Crippen molar-refractivity contribution >= 4 is 54.1 Å². The molecule has 0 saturated heterocycles. The SMILES string of the molecule is N#Cc1ccc2c(c1)c1cc(-c3ccc(-c4nc(-c5ccc6ccccc6c5)nc(-c5ccc6ccccc6c5)n4)c4ccccc34)ccc1n2-c1ccccc1. The van der Waals surface area contributed by atoms with Crippen LogP contribution in [-0.2, 0) is 0 Å². The molecule has 2 aromatic heterocycles. The van der Waals surface area contributed by atoms with Crippen molar-refractivity contribution in [3.8, 4) is 57.0 Å². The van der Waals surface area contributed by atoms with Gasteiger partial charge < -0.3 is 4.57 Å². The molecule has 0 atom stereocenters. The zero-order valence-corrected chi connectivity index (χ0v) is 30.6. The van der Waals surface area contributed by atoms with E-state index < -0.39 is 0 Å². The van der Waals surface area contributed by atoms with Crippen LogP contribution in [0.5, 0.6) is 0 Å². The number of hydrogen-bond acceptors (Lipinski definition) is 4. The molecule has 5 heteroatoms.